The monoisotopic (exact) mass is 217 g/mol. The van der Waals surface area contributed by atoms with Gasteiger partial charge < -0.3 is 10.1 Å². The lowest BCUT2D eigenvalue weighted by Gasteiger charge is -2.01. The maximum Gasteiger partial charge on any atom is 0.303 e. The van der Waals surface area contributed by atoms with Crippen molar-refractivity contribution in [2.45, 2.75) is 26.2 Å². The molecule has 0 saturated heterocycles. The highest BCUT2D eigenvalue weighted by atomic mass is 16.4. The molecule has 3 nitrogen and oxygen atoms in total. The molecule has 84 valence electrons. The Morgan fingerprint density at radius 2 is 2.25 bits per heavy atom. The fraction of sp³-hybridized carbons (Fsp3) is 0.308. The molecule has 0 spiro atoms. The van der Waals surface area contributed by atoms with Crippen LogP contribution in [-0.4, -0.2) is 16.1 Å². The number of H-pyrrole nitrogens is 1. The van der Waals surface area contributed by atoms with Crippen molar-refractivity contribution in [3.63, 3.8) is 0 Å². The van der Waals surface area contributed by atoms with Gasteiger partial charge in [-0.2, -0.15) is 0 Å². The zero-order chi connectivity index (χ0) is 11.5. The van der Waals surface area contributed by atoms with Gasteiger partial charge in [0.25, 0.3) is 0 Å². The summed E-state index contributed by atoms with van der Waals surface area (Å²) in [5.74, 6) is -0.727. The Kier molecular flexibility index (Phi) is 2.95. The van der Waals surface area contributed by atoms with Crippen molar-refractivity contribution in [3.8, 4) is 0 Å². The quantitative estimate of drug-likeness (QED) is 0.827. The summed E-state index contributed by atoms with van der Waals surface area (Å²) in [5.41, 5.74) is 3.48. The van der Waals surface area contributed by atoms with Gasteiger partial charge in [0.1, 0.15) is 0 Å². The van der Waals surface area contributed by atoms with Crippen LogP contribution < -0.4 is 0 Å². The lowest BCUT2D eigenvalue weighted by Crippen LogP contribution is -1.96. The van der Waals surface area contributed by atoms with Crippen LogP contribution in [0.25, 0.3) is 10.9 Å². The first-order valence-corrected chi connectivity index (χ1v) is 5.46. The number of carboxylic acid groups (broad SMARTS) is 1. The van der Waals surface area contributed by atoms with Gasteiger partial charge in [-0.05, 0) is 36.8 Å². The number of aromatic nitrogens is 1. The number of aliphatic carboxylic acids is 1. The Hall–Kier alpha value is -1.77. The van der Waals surface area contributed by atoms with Gasteiger partial charge >= 0.3 is 5.97 Å². The average molecular weight is 217 g/mol. The fourth-order valence-electron chi connectivity index (χ4n) is 2.00. The van der Waals surface area contributed by atoms with E-state index >= 15 is 0 Å². The predicted molar refractivity (Wildman–Crippen MR) is 63.6 cm³/mol. The molecule has 2 aromatic rings. The molecule has 1 heterocycles. The third-order valence-electron chi connectivity index (χ3n) is 2.71. The van der Waals surface area contributed by atoms with Crippen molar-refractivity contribution in [2.75, 3.05) is 0 Å². The van der Waals surface area contributed by atoms with Gasteiger partial charge in [-0.15, -0.1) is 0 Å². The Bertz CT molecular complexity index is 514. The number of benzene rings is 1. The molecule has 2 rings (SSSR count). The minimum absolute atomic E-state index is 0.232. The molecule has 0 radical (unpaired) electrons. The van der Waals surface area contributed by atoms with Gasteiger partial charge in [0, 0.05) is 17.6 Å². The van der Waals surface area contributed by atoms with E-state index in [1.165, 1.54) is 10.9 Å². The van der Waals surface area contributed by atoms with Crippen LogP contribution in [0, 0.1) is 6.92 Å². The van der Waals surface area contributed by atoms with Crippen LogP contribution in [0.4, 0.5) is 0 Å². The third kappa shape index (κ3) is 2.24. The lowest BCUT2D eigenvalue weighted by atomic mass is 10.1. The molecular weight excluding hydrogens is 202 g/mol. The maximum absolute atomic E-state index is 10.4. The van der Waals surface area contributed by atoms with Crippen molar-refractivity contribution in [3.05, 3.63) is 35.5 Å². The summed E-state index contributed by atoms with van der Waals surface area (Å²) in [6, 6.07) is 8.25. The van der Waals surface area contributed by atoms with E-state index in [-0.39, 0.29) is 6.42 Å². The first-order chi connectivity index (χ1) is 7.66. The van der Waals surface area contributed by atoms with Crippen molar-refractivity contribution < 1.29 is 9.90 Å². The Morgan fingerprint density at radius 1 is 1.44 bits per heavy atom. The first-order valence-electron chi connectivity index (χ1n) is 5.46. The molecule has 0 aliphatic carbocycles. The van der Waals surface area contributed by atoms with E-state index < -0.39 is 5.97 Å². The Labute approximate surface area is 94.1 Å². The van der Waals surface area contributed by atoms with Crippen molar-refractivity contribution in [2.24, 2.45) is 0 Å². The molecule has 3 heteroatoms. The van der Waals surface area contributed by atoms with Gasteiger partial charge in [-0.25, -0.2) is 0 Å². The molecule has 1 aromatic carbocycles. The largest absolute Gasteiger partial charge is 0.481 e. The Balaban J connectivity index is 2.20. The van der Waals surface area contributed by atoms with Crippen molar-refractivity contribution >= 4 is 16.9 Å². The van der Waals surface area contributed by atoms with Gasteiger partial charge in [-0.1, -0.05) is 18.2 Å². The van der Waals surface area contributed by atoms with E-state index in [1.807, 2.05) is 13.0 Å². The number of fused-ring (bicyclic) bond motifs is 1. The number of carbonyl (C=O) groups is 1. The molecule has 0 aliphatic heterocycles. The van der Waals surface area contributed by atoms with Crippen LogP contribution in [0.1, 0.15) is 24.1 Å². The summed E-state index contributed by atoms with van der Waals surface area (Å²) in [4.78, 5) is 13.8. The lowest BCUT2D eigenvalue weighted by molar-refractivity contribution is -0.137. The number of hydrogen-bond acceptors (Lipinski definition) is 1. The van der Waals surface area contributed by atoms with E-state index in [9.17, 15) is 4.79 Å². The van der Waals surface area contributed by atoms with Crippen molar-refractivity contribution in [1.29, 1.82) is 0 Å². The molecule has 2 N–H and O–H groups in total. The number of rotatable bonds is 4. The molecule has 0 fully saturated rings. The fourth-order valence-corrected chi connectivity index (χ4v) is 2.00. The van der Waals surface area contributed by atoms with Gasteiger partial charge in [0.05, 0.1) is 0 Å². The highest BCUT2D eigenvalue weighted by Crippen LogP contribution is 2.20. The summed E-state index contributed by atoms with van der Waals surface area (Å²) >= 11 is 0. The highest BCUT2D eigenvalue weighted by Gasteiger charge is 2.04. The molecule has 16 heavy (non-hydrogen) atoms. The van der Waals surface area contributed by atoms with E-state index in [0.29, 0.717) is 6.42 Å². The number of hydrogen-bond donors (Lipinski definition) is 2. The molecule has 0 bridgehead atoms. The van der Waals surface area contributed by atoms with Gasteiger partial charge in [0.15, 0.2) is 0 Å². The second-order valence-corrected chi connectivity index (χ2v) is 4.08. The number of para-hydroxylation sites is 1. The van der Waals surface area contributed by atoms with Crippen LogP contribution in [0.2, 0.25) is 0 Å². The number of aryl methyl sites for hydroxylation is 2. The second kappa shape index (κ2) is 4.39. The molecule has 0 atom stereocenters. The molecule has 0 amide bonds. The van der Waals surface area contributed by atoms with E-state index in [0.717, 1.165) is 17.6 Å². The summed E-state index contributed by atoms with van der Waals surface area (Å²) < 4.78 is 0. The van der Waals surface area contributed by atoms with Crippen LogP contribution in [0.3, 0.4) is 0 Å². The number of carboxylic acids is 1. The maximum atomic E-state index is 10.4. The SMILES string of the molecule is Cc1cc2cccc(CCCC(=O)O)c2[nH]1. The van der Waals surface area contributed by atoms with Crippen LogP contribution in [-0.2, 0) is 11.2 Å². The number of aromatic amines is 1. The summed E-state index contributed by atoms with van der Waals surface area (Å²) in [7, 11) is 0. The normalized spacial score (nSPS) is 10.8. The topological polar surface area (TPSA) is 53.1 Å². The molecular formula is C13H15NO2. The first kappa shape index (κ1) is 10.7. The molecule has 1 aromatic heterocycles. The average Bonchev–Trinajstić information content (AvgIpc) is 2.58. The van der Waals surface area contributed by atoms with Crippen LogP contribution in [0.5, 0.6) is 0 Å². The molecule has 0 saturated carbocycles. The highest BCUT2D eigenvalue weighted by molar-refractivity contribution is 5.83. The summed E-state index contributed by atoms with van der Waals surface area (Å²) in [6.45, 7) is 2.03. The smallest absolute Gasteiger partial charge is 0.303 e. The van der Waals surface area contributed by atoms with E-state index in [2.05, 4.69) is 23.2 Å². The van der Waals surface area contributed by atoms with Crippen molar-refractivity contribution in [1.82, 2.24) is 4.98 Å². The van der Waals surface area contributed by atoms with Crippen LogP contribution in [0.15, 0.2) is 24.3 Å². The minimum atomic E-state index is -0.727. The third-order valence-corrected chi connectivity index (χ3v) is 2.71. The summed E-state index contributed by atoms with van der Waals surface area (Å²) in [5, 5.41) is 9.80. The van der Waals surface area contributed by atoms with Gasteiger partial charge in [-0.3, -0.25) is 4.79 Å². The van der Waals surface area contributed by atoms with Crippen LogP contribution >= 0.6 is 0 Å². The minimum Gasteiger partial charge on any atom is -0.481 e. The summed E-state index contributed by atoms with van der Waals surface area (Å²) in [6.07, 6.45) is 1.73. The standard InChI is InChI=1S/C13H15NO2/c1-9-8-11-6-2-4-10(13(11)14-9)5-3-7-12(15)16/h2,4,6,8,14H,3,5,7H2,1H3,(H,15,16). The Morgan fingerprint density at radius 3 is 3.00 bits per heavy atom. The zero-order valence-corrected chi connectivity index (χ0v) is 9.29. The van der Waals surface area contributed by atoms with Gasteiger partial charge in [0.2, 0.25) is 0 Å². The molecule has 0 unspecified atom stereocenters. The van der Waals surface area contributed by atoms with E-state index in [4.69, 9.17) is 5.11 Å². The number of nitrogens with one attached hydrogen (secondary N) is 1. The van der Waals surface area contributed by atoms with E-state index in [1.54, 1.807) is 0 Å². The second-order valence-electron chi connectivity index (χ2n) is 4.08. The zero-order valence-electron chi connectivity index (χ0n) is 9.29. The predicted octanol–water partition coefficient (Wildman–Crippen LogP) is 2.88. The molecule has 0 aliphatic rings.